The molecule has 4 aromatic rings. The molecule has 3 saturated heterocycles. The van der Waals surface area contributed by atoms with Crippen molar-refractivity contribution in [3.8, 4) is 5.75 Å². The molecule has 0 bridgehead atoms. The molecule has 2 aromatic heterocycles. The predicted octanol–water partition coefficient (Wildman–Crippen LogP) is 6.65. The summed E-state index contributed by atoms with van der Waals surface area (Å²) in [5.74, 6) is -0.155. The molecule has 0 saturated carbocycles. The molecule has 7 nitrogen and oxygen atoms in total. The number of amides is 1. The number of rotatable bonds is 7. The fourth-order valence-corrected chi connectivity index (χ4v) is 7.43. The number of aromatic nitrogens is 1. The van der Waals surface area contributed by atoms with E-state index in [0.717, 1.165) is 60.9 Å². The summed E-state index contributed by atoms with van der Waals surface area (Å²) in [6, 6.07) is 10.3. The van der Waals surface area contributed by atoms with Crippen molar-refractivity contribution >= 4 is 40.2 Å². The first-order valence-electron chi connectivity index (χ1n) is 15.4. The molecule has 2 atom stereocenters. The van der Waals surface area contributed by atoms with Crippen molar-refractivity contribution in [3.05, 3.63) is 65.6 Å². The fourth-order valence-electron chi connectivity index (χ4n) is 7.43. The number of benzene rings is 2. The summed E-state index contributed by atoms with van der Waals surface area (Å²) in [7, 11) is 0. The van der Waals surface area contributed by atoms with Gasteiger partial charge in [-0.2, -0.15) is 0 Å². The molecule has 3 fully saturated rings. The molecule has 1 amide bonds. The zero-order valence-electron chi connectivity index (χ0n) is 24.2. The van der Waals surface area contributed by atoms with Gasteiger partial charge in [0.25, 0.3) is 5.91 Å². The van der Waals surface area contributed by atoms with Gasteiger partial charge in [0.05, 0.1) is 11.6 Å². The second-order valence-corrected chi connectivity index (χ2v) is 12.3. The fraction of sp³-hybridized carbons (Fsp3) is 0.485. The topological polar surface area (TPSA) is 73.7 Å². The highest BCUT2D eigenvalue weighted by Crippen LogP contribution is 2.33. The standard InChI is InChI=1S/C33H38F2N4O3.ClH/c34-23-15-26(35)32-22(20-42-31(32)16-23)19-41-30-8-3-6-27-25(30)17-28(37-27)33(40)36-24-9-13-38(14-10-24)18-21-5-4-12-39-11-2-1-7-29(21)39;/h3,6,8,15-17,20-21,24,29,37H,1-2,4-5,7,9-14,18-19H2,(H,36,40);1H/t21-,29?;/m0./s1. The third-order valence-corrected chi connectivity index (χ3v) is 9.56. The van der Waals surface area contributed by atoms with Crippen molar-refractivity contribution in [2.24, 2.45) is 5.92 Å². The Bertz CT molecular complexity index is 1580. The van der Waals surface area contributed by atoms with Crippen LogP contribution in [-0.4, -0.2) is 65.5 Å². The first-order valence-corrected chi connectivity index (χ1v) is 15.4. The number of ether oxygens (including phenoxy) is 1. The average molecular weight is 613 g/mol. The number of hydrogen-bond donors (Lipinski definition) is 2. The van der Waals surface area contributed by atoms with Gasteiger partial charge in [0.15, 0.2) is 0 Å². The summed E-state index contributed by atoms with van der Waals surface area (Å²) in [5.41, 5.74) is 1.89. The van der Waals surface area contributed by atoms with Crippen LogP contribution in [-0.2, 0) is 6.61 Å². The highest BCUT2D eigenvalue weighted by atomic mass is 35.5. The lowest BCUT2D eigenvalue weighted by molar-refractivity contribution is 0.0351. The smallest absolute Gasteiger partial charge is 0.267 e. The Morgan fingerprint density at radius 3 is 2.72 bits per heavy atom. The molecule has 43 heavy (non-hydrogen) atoms. The predicted molar refractivity (Wildman–Crippen MR) is 165 cm³/mol. The number of likely N-dealkylation sites (tertiary alicyclic amines) is 1. The highest BCUT2D eigenvalue weighted by molar-refractivity contribution is 5.99. The summed E-state index contributed by atoms with van der Waals surface area (Å²) >= 11 is 0. The maximum absolute atomic E-state index is 14.4. The lowest BCUT2D eigenvalue weighted by Gasteiger charge is -2.46. The number of hydrogen-bond acceptors (Lipinski definition) is 5. The summed E-state index contributed by atoms with van der Waals surface area (Å²) in [6.45, 7) is 5.83. The van der Waals surface area contributed by atoms with Crippen LogP contribution in [0.25, 0.3) is 21.9 Å². The molecule has 10 heteroatoms. The Labute approximate surface area is 256 Å². The zero-order valence-corrected chi connectivity index (χ0v) is 25.1. The van der Waals surface area contributed by atoms with Crippen LogP contribution in [0.4, 0.5) is 8.78 Å². The van der Waals surface area contributed by atoms with Gasteiger partial charge >= 0.3 is 0 Å². The third kappa shape index (κ3) is 6.26. The van der Waals surface area contributed by atoms with E-state index in [2.05, 4.69) is 20.1 Å². The van der Waals surface area contributed by atoms with Crippen LogP contribution < -0.4 is 10.1 Å². The van der Waals surface area contributed by atoms with Gasteiger partial charge < -0.3 is 29.3 Å². The summed E-state index contributed by atoms with van der Waals surface area (Å²) < 4.78 is 39.3. The van der Waals surface area contributed by atoms with Gasteiger partial charge in [-0.1, -0.05) is 12.5 Å². The minimum atomic E-state index is -0.689. The maximum atomic E-state index is 14.4. The number of H-pyrrole nitrogens is 1. The minimum absolute atomic E-state index is 0. The number of carbonyl (C=O) groups is 1. The number of fused-ring (bicyclic) bond motifs is 3. The van der Waals surface area contributed by atoms with E-state index in [1.165, 1.54) is 58.0 Å². The number of nitrogens with zero attached hydrogens (tertiary/aromatic N) is 2. The van der Waals surface area contributed by atoms with Crippen molar-refractivity contribution in [3.63, 3.8) is 0 Å². The summed E-state index contributed by atoms with van der Waals surface area (Å²) in [4.78, 5) is 21.8. The molecule has 3 aliphatic heterocycles. The van der Waals surface area contributed by atoms with Gasteiger partial charge in [-0.25, -0.2) is 8.78 Å². The minimum Gasteiger partial charge on any atom is -0.488 e. The molecule has 2 aromatic carbocycles. The van der Waals surface area contributed by atoms with E-state index in [0.29, 0.717) is 17.0 Å². The quantitative estimate of drug-likeness (QED) is 0.244. The number of nitrogens with one attached hydrogen (secondary N) is 2. The van der Waals surface area contributed by atoms with Crippen LogP contribution in [0.15, 0.2) is 47.1 Å². The molecular weight excluding hydrogens is 574 g/mol. The van der Waals surface area contributed by atoms with Gasteiger partial charge in [0.2, 0.25) is 0 Å². The van der Waals surface area contributed by atoms with Crippen molar-refractivity contribution in [2.45, 2.75) is 63.6 Å². The molecule has 0 radical (unpaired) electrons. The molecule has 0 aliphatic carbocycles. The molecule has 7 rings (SSSR count). The Morgan fingerprint density at radius 2 is 1.86 bits per heavy atom. The first kappa shape index (κ1) is 29.9. The number of furan rings is 1. The van der Waals surface area contributed by atoms with Crippen LogP contribution in [0.3, 0.4) is 0 Å². The molecular formula is C33H39ClF2N4O3. The van der Waals surface area contributed by atoms with Crippen molar-refractivity contribution < 1.29 is 22.7 Å². The summed E-state index contributed by atoms with van der Waals surface area (Å²) in [6.07, 6.45) is 10.1. The first-order chi connectivity index (χ1) is 20.5. The van der Waals surface area contributed by atoms with Gasteiger partial charge in [-0.3, -0.25) is 4.79 Å². The average Bonchev–Trinajstić information content (AvgIpc) is 3.62. The Hall–Kier alpha value is -3.14. The van der Waals surface area contributed by atoms with Crippen LogP contribution in [0.5, 0.6) is 5.75 Å². The lowest BCUT2D eigenvalue weighted by Crippen LogP contribution is -2.52. The van der Waals surface area contributed by atoms with Crippen LogP contribution in [0, 0.1) is 17.6 Å². The van der Waals surface area contributed by atoms with E-state index in [1.54, 1.807) is 6.07 Å². The normalized spacial score (nSPS) is 21.9. The Kier molecular flexibility index (Phi) is 8.93. The molecule has 1 unspecified atom stereocenters. The number of aromatic amines is 1. The number of carbonyl (C=O) groups excluding carboxylic acids is 1. The molecule has 0 spiro atoms. The van der Waals surface area contributed by atoms with Crippen LogP contribution >= 0.6 is 12.4 Å². The van der Waals surface area contributed by atoms with E-state index in [4.69, 9.17) is 9.15 Å². The Balaban J connectivity index is 0.00000329. The van der Waals surface area contributed by atoms with Crippen molar-refractivity contribution in [1.82, 2.24) is 20.1 Å². The second kappa shape index (κ2) is 12.8. The van der Waals surface area contributed by atoms with Crippen LogP contribution in [0.1, 0.15) is 61.0 Å². The number of piperidine rings is 3. The lowest BCUT2D eigenvalue weighted by atomic mass is 9.83. The second-order valence-electron chi connectivity index (χ2n) is 12.3. The Morgan fingerprint density at radius 1 is 1.02 bits per heavy atom. The van der Waals surface area contributed by atoms with Gasteiger partial charge in [-0.15, -0.1) is 12.4 Å². The molecule has 5 heterocycles. The maximum Gasteiger partial charge on any atom is 0.267 e. The third-order valence-electron chi connectivity index (χ3n) is 9.56. The monoisotopic (exact) mass is 612 g/mol. The van der Waals surface area contributed by atoms with Crippen molar-refractivity contribution in [2.75, 3.05) is 32.7 Å². The van der Waals surface area contributed by atoms with E-state index in [-0.39, 0.29) is 41.9 Å². The number of halogens is 3. The molecule has 3 aliphatic rings. The van der Waals surface area contributed by atoms with Gasteiger partial charge in [0, 0.05) is 60.3 Å². The SMILES string of the molecule is Cl.O=C(NC1CCN(C[C@@H]2CCCN3CCCCC23)CC1)c1cc2c(OCc3coc4cc(F)cc(F)c34)cccc2[nH]1. The van der Waals surface area contributed by atoms with Crippen LogP contribution in [0.2, 0.25) is 0 Å². The summed E-state index contributed by atoms with van der Waals surface area (Å²) in [5, 5.41) is 4.21. The molecule has 230 valence electrons. The zero-order chi connectivity index (χ0) is 28.6. The highest BCUT2D eigenvalue weighted by Gasteiger charge is 2.34. The van der Waals surface area contributed by atoms with E-state index < -0.39 is 11.6 Å². The van der Waals surface area contributed by atoms with E-state index in [9.17, 15) is 13.6 Å². The largest absolute Gasteiger partial charge is 0.488 e. The van der Waals surface area contributed by atoms with Gasteiger partial charge in [0.1, 0.15) is 35.3 Å². The van der Waals surface area contributed by atoms with E-state index >= 15 is 0 Å². The van der Waals surface area contributed by atoms with Crippen molar-refractivity contribution in [1.29, 1.82) is 0 Å². The van der Waals surface area contributed by atoms with Gasteiger partial charge in [-0.05, 0) is 75.7 Å². The van der Waals surface area contributed by atoms with E-state index in [1.807, 2.05) is 18.2 Å². The molecule has 2 N–H and O–H groups in total.